The summed E-state index contributed by atoms with van der Waals surface area (Å²) in [7, 11) is 1.57. The number of carboxylic acids is 1. The van der Waals surface area contributed by atoms with Crippen LogP contribution in [0.3, 0.4) is 0 Å². The van der Waals surface area contributed by atoms with Gasteiger partial charge in [-0.1, -0.05) is 19.8 Å². The monoisotopic (exact) mass is 194 g/mol. The number of halogens is 1. The first-order chi connectivity index (χ1) is 5.06. The molecule has 0 radical (unpaired) electrons. The van der Waals surface area contributed by atoms with Crippen LogP contribution in [0.15, 0.2) is 0 Å². The maximum atomic E-state index is 10.6. The van der Waals surface area contributed by atoms with E-state index in [0.717, 1.165) is 12.8 Å². The zero-order chi connectivity index (χ0) is 8.91. The highest BCUT2D eigenvalue weighted by atomic mass is 35.5. The van der Waals surface area contributed by atoms with Gasteiger partial charge in [-0.3, -0.25) is 4.79 Å². The molecule has 0 fully saturated rings. The first-order valence-electron chi connectivity index (χ1n) is 3.91. The fourth-order valence-corrected chi connectivity index (χ4v) is 0.821. The largest absolute Gasteiger partial charge is 0.481 e. The molecule has 0 aromatic heterocycles. The lowest BCUT2D eigenvalue weighted by molar-refractivity contribution is -0.142. The van der Waals surface area contributed by atoms with E-state index in [4.69, 9.17) is 10.2 Å². The second-order valence-electron chi connectivity index (χ2n) is 3.13. The third-order valence-electron chi connectivity index (χ3n) is 1.95. The zero-order valence-electron chi connectivity index (χ0n) is 7.54. The van der Waals surface area contributed by atoms with E-state index in [9.17, 15) is 4.79 Å². The van der Waals surface area contributed by atoms with Gasteiger partial charge in [-0.05, 0) is 6.42 Å². The molecule has 0 aliphatic carbocycles. The predicted octanol–water partition coefficient (Wildman–Crippen LogP) is 0.467. The Labute approximate surface area is 80.0 Å². The summed E-state index contributed by atoms with van der Waals surface area (Å²) in [6, 6.07) is 0. The van der Waals surface area contributed by atoms with E-state index in [-0.39, 0.29) is 19.0 Å². The van der Waals surface area contributed by atoms with Gasteiger partial charge in [0, 0.05) is 0 Å². The van der Waals surface area contributed by atoms with Gasteiger partial charge >= 0.3 is 5.97 Å². The van der Waals surface area contributed by atoms with Crippen molar-refractivity contribution in [3.05, 3.63) is 0 Å². The van der Waals surface area contributed by atoms with Crippen LogP contribution in [0.4, 0.5) is 0 Å². The van der Waals surface area contributed by atoms with Gasteiger partial charge in [-0.25, -0.2) is 0 Å². The molecule has 0 saturated heterocycles. The minimum atomic E-state index is -0.935. The molecule has 0 rings (SSSR count). The van der Waals surface area contributed by atoms with Gasteiger partial charge in [0.2, 0.25) is 0 Å². The Balaban J connectivity index is 0. The van der Waals surface area contributed by atoms with Crippen LogP contribution >= 0.6 is 12.4 Å². The van der Waals surface area contributed by atoms with Crippen LogP contribution < -0.4 is 0 Å². The Bertz CT molecular complexity index is 143. The molecule has 0 aromatic rings. The van der Waals surface area contributed by atoms with E-state index in [1.54, 1.807) is 7.85 Å². The summed E-state index contributed by atoms with van der Waals surface area (Å²) in [4.78, 5) is 10.6. The van der Waals surface area contributed by atoms with Crippen LogP contribution in [0.25, 0.3) is 0 Å². The van der Waals surface area contributed by atoms with E-state index in [2.05, 4.69) is 0 Å². The normalized spacial score (nSPS) is 14.5. The molecule has 0 saturated carbocycles. The molecule has 1 atom stereocenters. The van der Waals surface area contributed by atoms with Crippen molar-refractivity contribution >= 4 is 26.2 Å². The summed E-state index contributed by atoms with van der Waals surface area (Å²) in [5, 5.41) is 16.6. The van der Waals surface area contributed by atoms with Crippen LogP contribution in [0.5, 0.6) is 0 Å². The van der Waals surface area contributed by atoms with Crippen LogP contribution in [0, 0.1) is 0 Å². The summed E-state index contributed by atoms with van der Waals surface area (Å²) in [6.07, 6.45) is 2.36. The van der Waals surface area contributed by atoms with E-state index >= 15 is 0 Å². The lowest BCUT2D eigenvalue weighted by Crippen LogP contribution is -2.27. The Kier molecular flexibility index (Phi) is 7.54. The van der Waals surface area contributed by atoms with Crippen molar-refractivity contribution in [3.8, 4) is 0 Å². The molecule has 72 valence electrons. The third kappa shape index (κ3) is 3.97. The number of aliphatic hydroxyl groups is 1. The van der Waals surface area contributed by atoms with Crippen LogP contribution in [-0.2, 0) is 4.79 Å². The standard InChI is InChI=1S/C7H15BO3.ClH/c1-2-3-4-7(8,5-9)6(10)11;/h9H,2-5,8H2,1H3,(H,10,11);1H. The Morgan fingerprint density at radius 2 is 2.08 bits per heavy atom. The summed E-state index contributed by atoms with van der Waals surface area (Å²) < 4.78 is 0. The second-order valence-corrected chi connectivity index (χ2v) is 3.13. The number of carbonyl (C=O) groups is 1. The van der Waals surface area contributed by atoms with Gasteiger partial charge in [0.15, 0.2) is 0 Å². The van der Waals surface area contributed by atoms with E-state index in [0.29, 0.717) is 6.42 Å². The summed E-state index contributed by atoms with van der Waals surface area (Å²) in [6.45, 7) is 1.72. The molecule has 5 heteroatoms. The summed E-state index contributed by atoms with van der Waals surface area (Å²) in [5.41, 5.74) is 0. The van der Waals surface area contributed by atoms with Gasteiger partial charge in [0.25, 0.3) is 0 Å². The number of rotatable bonds is 5. The van der Waals surface area contributed by atoms with E-state index in [1.807, 2.05) is 6.92 Å². The second kappa shape index (κ2) is 6.32. The molecule has 0 aliphatic rings. The van der Waals surface area contributed by atoms with Crippen LogP contribution in [-0.4, -0.2) is 30.6 Å². The molecule has 2 N–H and O–H groups in total. The van der Waals surface area contributed by atoms with Crippen molar-refractivity contribution in [2.24, 2.45) is 0 Å². The fourth-order valence-electron chi connectivity index (χ4n) is 0.821. The average molecular weight is 194 g/mol. The number of hydrogen-bond donors (Lipinski definition) is 2. The van der Waals surface area contributed by atoms with Gasteiger partial charge in [0.1, 0.15) is 7.85 Å². The number of aliphatic hydroxyl groups excluding tert-OH is 1. The third-order valence-corrected chi connectivity index (χ3v) is 1.95. The van der Waals surface area contributed by atoms with Crippen molar-refractivity contribution in [3.63, 3.8) is 0 Å². The molecular formula is C7H16BClO3. The Hall–Kier alpha value is -0.215. The first kappa shape index (κ1) is 14.3. The minimum absolute atomic E-state index is 0. The number of carboxylic acid groups (broad SMARTS) is 1. The van der Waals surface area contributed by atoms with Crippen LogP contribution in [0.2, 0.25) is 5.31 Å². The number of unbranched alkanes of at least 4 members (excludes halogenated alkanes) is 1. The Morgan fingerprint density at radius 3 is 2.33 bits per heavy atom. The molecule has 0 aromatic carbocycles. The maximum Gasteiger partial charge on any atom is 0.303 e. The molecule has 1 unspecified atom stereocenters. The molecular weight excluding hydrogens is 178 g/mol. The molecule has 0 aliphatic heterocycles. The highest BCUT2D eigenvalue weighted by molar-refractivity contribution is 6.26. The van der Waals surface area contributed by atoms with Crippen molar-refractivity contribution in [2.45, 2.75) is 31.5 Å². The van der Waals surface area contributed by atoms with E-state index < -0.39 is 11.3 Å². The maximum absolute atomic E-state index is 10.6. The van der Waals surface area contributed by atoms with Gasteiger partial charge < -0.3 is 10.2 Å². The smallest absolute Gasteiger partial charge is 0.303 e. The van der Waals surface area contributed by atoms with E-state index in [1.165, 1.54) is 0 Å². The Morgan fingerprint density at radius 1 is 1.58 bits per heavy atom. The topological polar surface area (TPSA) is 57.5 Å². The van der Waals surface area contributed by atoms with Crippen molar-refractivity contribution in [2.75, 3.05) is 6.61 Å². The zero-order valence-corrected chi connectivity index (χ0v) is 8.36. The quantitative estimate of drug-likeness (QED) is 0.626. The van der Waals surface area contributed by atoms with Crippen LogP contribution in [0.1, 0.15) is 26.2 Å². The lowest BCUT2D eigenvalue weighted by Gasteiger charge is -2.21. The SMILES string of the molecule is BC(CO)(CCCC)C(=O)O.Cl. The highest BCUT2D eigenvalue weighted by Gasteiger charge is 2.31. The van der Waals surface area contributed by atoms with Gasteiger partial charge in [0.05, 0.1) is 11.9 Å². The number of hydrogen-bond acceptors (Lipinski definition) is 2. The lowest BCUT2D eigenvalue weighted by atomic mass is 9.66. The highest BCUT2D eigenvalue weighted by Crippen LogP contribution is 2.27. The molecule has 3 nitrogen and oxygen atoms in total. The first-order valence-corrected chi connectivity index (χ1v) is 3.91. The predicted molar refractivity (Wildman–Crippen MR) is 52.7 cm³/mol. The summed E-state index contributed by atoms with van der Waals surface area (Å²) >= 11 is 0. The molecule has 12 heavy (non-hydrogen) atoms. The number of aliphatic carboxylic acids is 1. The van der Waals surface area contributed by atoms with Gasteiger partial charge in [-0.15, -0.1) is 12.4 Å². The molecule has 0 heterocycles. The fraction of sp³-hybridized carbons (Fsp3) is 0.857. The molecule has 0 amide bonds. The van der Waals surface area contributed by atoms with Gasteiger partial charge in [-0.2, -0.15) is 0 Å². The van der Waals surface area contributed by atoms with Crippen molar-refractivity contribution in [1.82, 2.24) is 0 Å². The minimum Gasteiger partial charge on any atom is -0.481 e. The average Bonchev–Trinajstić information content (AvgIpc) is 2.00. The van der Waals surface area contributed by atoms with Crippen molar-refractivity contribution < 1.29 is 15.0 Å². The molecule has 0 bridgehead atoms. The molecule has 0 spiro atoms. The van der Waals surface area contributed by atoms with Crippen molar-refractivity contribution in [1.29, 1.82) is 0 Å². The summed E-state index contributed by atoms with van der Waals surface area (Å²) in [5.74, 6) is -0.909.